The fraction of sp³-hybridized carbons (Fsp3) is 0.120. The van der Waals surface area contributed by atoms with Gasteiger partial charge in [0.2, 0.25) is 0 Å². The van der Waals surface area contributed by atoms with Gasteiger partial charge in [-0.1, -0.05) is 54.6 Å². The molecular weight excluding hydrogens is 388 g/mol. The highest BCUT2D eigenvalue weighted by molar-refractivity contribution is 7.80. The number of benzene rings is 3. The van der Waals surface area contributed by atoms with Crippen LogP contribution in [0.4, 0.5) is 5.69 Å². The number of nitrogens with zero attached hydrogens (tertiary/aromatic N) is 2. The lowest BCUT2D eigenvalue weighted by Gasteiger charge is -2.12. The van der Waals surface area contributed by atoms with E-state index in [4.69, 9.17) is 17.3 Å². The average Bonchev–Trinajstić information content (AvgIpc) is 3.17. The van der Waals surface area contributed by atoms with E-state index >= 15 is 0 Å². The van der Waals surface area contributed by atoms with Crippen molar-refractivity contribution in [3.63, 3.8) is 0 Å². The molecule has 0 aliphatic carbocycles. The molecule has 0 aliphatic rings. The third kappa shape index (κ3) is 4.75. The van der Waals surface area contributed by atoms with Gasteiger partial charge in [-0.15, -0.1) is 0 Å². The van der Waals surface area contributed by atoms with Gasteiger partial charge in [0.15, 0.2) is 5.11 Å². The van der Waals surface area contributed by atoms with Crippen LogP contribution in [0.1, 0.15) is 16.7 Å². The van der Waals surface area contributed by atoms with Crippen molar-refractivity contribution >= 4 is 23.0 Å². The van der Waals surface area contributed by atoms with Crippen LogP contribution in [0.5, 0.6) is 0 Å². The number of aromatic nitrogens is 2. The maximum atomic E-state index is 5.53. The van der Waals surface area contributed by atoms with Gasteiger partial charge in [0.05, 0.1) is 11.4 Å². The van der Waals surface area contributed by atoms with E-state index in [-0.39, 0.29) is 0 Å². The van der Waals surface area contributed by atoms with Crippen LogP contribution in [0, 0.1) is 13.8 Å². The summed E-state index contributed by atoms with van der Waals surface area (Å²) < 4.78 is 1.92. The van der Waals surface area contributed by atoms with Gasteiger partial charge in [-0.25, -0.2) is 4.68 Å². The van der Waals surface area contributed by atoms with Crippen molar-refractivity contribution in [3.8, 4) is 16.9 Å². The van der Waals surface area contributed by atoms with Crippen LogP contribution in [-0.2, 0) is 6.54 Å². The van der Waals surface area contributed by atoms with Crippen molar-refractivity contribution in [1.29, 1.82) is 0 Å². The van der Waals surface area contributed by atoms with E-state index in [0.717, 1.165) is 28.2 Å². The van der Waals surface area contributed by atoms with Gasteiger partial charge in [-0.3, -0.25) is 0 Å². The molecule has 0 amide bonds. The number of para-hydroxylation sites is 1. The molecule has 0 atom stereocenters. The first-order valence-electron chi connectivity index (χ1n) is 9.91. The Bertz CT molecular complexity index is 1130. The normalized spacial score (nSPS) is 10.6. The quantitative estimate of drug-likeness (QED) is 0.416. The third-order valence-electron chi connectivity index (χ3n) is 4.78. The molecule has 0 unspecified atom stereocenters. The van der Waals surface area contributed by atoms with Crippen LogP contribution in [-0.4, -0.2) is 14.9 Å². The molecule has 2 N–H and O–H groups in total. The first kappa shape index (κ1) is 19.9. The number of anilines is 1. The Labute approximate surface area is 182 Å². The van der Waals surface area contributed by atoms with E-state index in [1.54, 1.807) is 0 Å². The number of nitrogens with one attached hydrogen (secondary N) is 2. The van der Waals surface area contributed by atoms with Crippen molar-refractivity contribution in [2.45, 2.75) is 20.4 Å². The number of hydrogen-bond acceptors (Lipinski definition) is 2. The summed E-state index contributed by atoms with van der Waals surface area (Å²) in [5, 5.41) is 12.1. The van der Waals surface area contributed by atoms with E-state index in [1.165, 1.54) is 11.1 Å². The molecular formula is C25H24N4S. The molecule has 4 nitrogen and oxygen atoms in total. The fourth-order valence-electron chi connectivity index (χ4n) is 3.49. The minimum atomic E-state index is 0.577. The first-order valence-corrected chi connectivity index (χ1v) is 10.3. The summed E-state index contributed by atoms with van der Waals surface area (Å²) in [7, 11) is 0. The second-order valence-corrected chi connectivity index (χ2v) is 7.74. The molecule has 0 saturated heterocycles. The van der Waals surface area contributed by atoms with Gasteiger partial charge >= 0.3 is 0 Å². The zero-order chi connectivity index (χ0) is 20.9. The summed E-state index contributed by atoms with van der Waals surface area (Å²) in [6.45, 7) is 4.74. The van der Waals surface area contributed by atoms with Gasteiger partial charge < -0.3 is 10.6 Å². The summed E-state index contributed by atoms with van der Waals surface area (Å²) in [5.41, 5.74) is 7.53. The first-order chi connectivity index (χ1) is 14.6. The van der Waals surface area contributed by atoms with Crippen molar-refractivity contribution in [3.05, 3.63) is 102 Å². The molecule has 4 rings (SSSR count). The van der Waals surface area contributed by atoms with E-state index in [0.29, 0.717) is 11.7 Å². The predicted octanol–water partition coefficient (Wildman–Crippen LogP) is 5.64. The van der Waals surface area contributed by atoms with E-state index in [2.05, 4.69) is 61.0 Å². The van der Waals surface area contributed by atoms with Crippen LogP contribution in [0.25, 0.3) is 16.9 Å². The van der Waals surface area contributed by atoms with E-state index in [9.17, 15) is 0 Å². The molecule has 4 aromatic rings. The number of thiocarbonyl (C=S) groups is 1. The largest absolute Gasteiger partial charge is 0.358 e. The second-order valence-electron chi connectivity index (χ2n) is 7.33. The second kappa shape index (κ2) is 8.93. The lowest BCUT2D eigenvalue weighted by atomic mass is 10.1. The Morgan fingerprint density at radius 2 is 1.53 bits per heavy atom. The number of rotatable bonds is 5. The summed E-state index contributed by atoms with van der Waals surface area (Å²) in [6, 6.07) is 26.7. The van der Waals surface area contributed by atoms with E-state index < -0.39 is 0 Å². The van der Waals surface area contributed by atoms with Gasteiger partial charge in [0.1, 0.15) is 0 Å². The minimum absolute atomic E-state index is 0.577. The predicted molar refractivity (Wildman–Crippen MR) is 128 cm³/mol. The summed E-state index contributed by atoms with van der Waals surface area (Å²) in [5.74, 6) is 0. The molecule has 0 bridgehead atoms. The minimum Gasteiger partial charge on any atom is -0.358 e. The van der Waals surface area contributed by atoms with Crippen LogP contribution in [0.2, 0.25) is 0 Å². The molecule has 1 aromatic heterocycles. The van der Waals surface area contributed by atoms with Crippen molar-refractivity contribution in [2.24, 2.45) is 0 Å². The Hall–Kier alpha value is -3.44. The highest BCUT2D eigenvalue weighted by Crippen LogP contribution is 2.23. The maximum absolute atomic E-state index is 5.53. The zero-order valence-corrected chi connectivity index (χ0v) is 17.9. The molecule has 1 heterocycles. The Kier molecular flexibility index (Phi) is 5.91. The molecule has 30 heavy (non-hydrogen) atoms. The van der Waals surface area contributed by atoms with E-state index in [1.807, 2.05) is 53.2 Å². The van der Waals surface area contributed by atoms with Crippen molar-refractivity contribution in [2.75, 3.05) is 5.32 Å². The lowest BCUT2D eigenvalue weighted by Crippen LogP contribution is -2.28. The maximum Gasteiger partial charge on any atom is 0.171 e. The highest BCUT2D eigenvalue weighted by atomic mass is 32.1. The standard InChI is InChI=1S/C25H24N4S/c1-18-13-19(2)15-22(14-18)27-25(30)26-16-21-17-29(23-11-7-4-8-12-23)28-24(21)20-9-5-3-6-10-20/h3-15,17H,16H2,1-2H3,(H2,26,27,30). The molecule has 0 radical (unpaired) electrons. The third-order valence-corrected chi connectivity index (χ3v) is 5.02. The topological polar surface area (TPSA) is 41.9 Å². The smallest absolute Gasteiger partial charge is 0.171 e. The monoisotopic (exact) mass is 412 g/mol. The molecule has 0 saturated carbocycles. The van der Waals surface area contributed by atoms with Crippen LogP contribution in [0.3, 0.4) is 0 Å². The molecule has 3 aromatic carbocycles. The van der Waals surface area contributed by atoms with Gasteiger partial charge in [-0.05, 0) is 61.5 Å². The Morgan fingerprint density at radius 3 is 2.20 bits per heavy atom. The van der Waals surface area contributed by atoms with Gasteiger partial charge in [0.25, 0.3) is 0 Å². The highest BCUT2D eigenvalue weighted by Gasteiger charge is 2.12. The summed E-state index contributed by atoms with van der Waals surface area (Å²) >= 11 is 5.53. The molecule has 150 valence electrons. The molecule has 0 fully saturated rings. The SMILES string of the molecule is Cc1cc(C)cc(NC(=S)NCc2cn(-c3ccccc3)nc2-c2ccccc2)c1. The van der Waals surface area contributed by atoms with Gasteiger partial charge in [0, 0.05) is 29.6 Å². The Balaban J connectivity index is 1.55. The van der Waals surface area contributed by atoms with Crippen LogP contribution >= 0.6 is 12.2 Å². The zero-order valence-electron chi connectivity index (χ0n) is 17.1. The molecule has 0 spiro atoms. The average molecular weight is 413 g/mol. The van der Waals surface area contributed by atoms with Gasteiger partial charge in [-0.2, -0.15) is 5.10 Å². The lowest BCUT2D eigenvalue weighted by molar-refractivity contribution is 0.879. The fourth-order valence-corrected chi connectivity index (χ4v) is 3.68. The Morgan fingerprint density at radius 1 is 0.900 bits per heavy atom. The summed E-state index contributed by atoms with van der Waals surface area (Å²) in [6.07, 6.45) is 2.06. The molecule has 5 heteroatoms. The van der Waals surface area contributed by atoms with Crippen LogP contribution in [0.15, 0.2) is 85.1 Å². The van der Waals surface area contributed by atoms with Crippen molar-refractivity contribution < 1.29 is 0 Å². The summed E-state index contributed by atoms with van der Waals surface area (Å²) in [4.78, 5) is 0. The van der Waals surface area contributed by atoms with Crippen LogP contribution < -0.4 is 10.6 Å². The van der Waals surface area contributed by atoms with Crippen molar-refractivity contribution in [1.82, 2.24) is 15.1 Å². The number of aryl methyl sites for hydroxylation is 2. The number of hydrogen-bond donors (Lipinski definition) is 2. The molecule has 0 aliphatic heterocycles.